The van der Waals surface area contributed by atoms with E-state index >= 15 is 0 Å². The van der Waals surface area contributed by atoms with Crippen LogP contribution in [0, 0.1) is 0 Å². The largest absolute Gasteiger partial charge is 0.277 e. The van der Waals surface area contributed by atoms with E-state index < -0.39 is 0 Å². The zero-order valence-electron chi connectivity index (χ0n) is 15.1. The molecule has 0 radical (unpaired) electrons. The van der Waals surface area contributed by atoms with Crippen molar-refractivity contribution in [3.05, 3.63) is 70.8 Å². The number of fused-ring (bicyclic) bond motifs is 2. The average molecular weight is 352 g/mol. The van der Waals surface area contributed by atoms with Gasteiger partial charge in [0.1, 0.15) is 0 Å². The van der Waals surface area contributed by atoms with E-state index in [0.29, 0.717) is 22.3 Å². The van der Waals surface area contributed by atoms with E-state index in [2.05, 4.69) is 0 Å². The molecule has 0 bridgehead atoms. The number of imide groups is 2. The third-order valence-corrected chi connectivity index (χ3v) is 3.99. The molecule has 0 fully saturated rings. The highest BCUT2D eigenvalue weighted by Gasteiger charge is 2.32. The molecule has 0 N–H and O–H groups in total. The van der Waals surface area contributed by atoms with E-state index in [1.807, 2.05) is 13.8 Å². The molecule has 134 valence electrons. The Kier molecular flexibility index (Phi) is 5.67. The number of nitrogens with zero attached hydrogens (tertiary/aromatic N) is 2. The standard InChI is InChI=1S/2C9H7NO2.C2H6/c2*1-10-8(11)6-4-2-3-5-7(6)9(10)12;1-2/h2*2-5H,1H3;1-2H3. The Morgan fingerprint density at radius 2 is 0.692 bits per heavy atom. The average Bonchev–Trinajstić information content (AvgIpc) is 3.05. The first-order chi connectivity index (χ1) is 12.4. The van der Waals surface area contributed by atoms with E-state index in [0.717, 1.165) is 9.80 Å². The molecule has 0 aromatic heterocycles. The second-order valence-electron chi connectivity index (χ2n) is 5.43. The second kappa shape index (κ2) is 7.74. The first kappa shape index (κ1) is 19.1. The molecule has 4 rings (SSSR count). The Bertz CT molecular complexity index is 745. The van der Waals surface area contributed by atoms with Gasteiger partial charge in [0.2, 0.25) is 0 Å². The van der Waals surface area contributed by atoms with Gasteiger partial charge in [-0.2, -0.15) is 0 Å². The lowest BCUT2D eigenvalue weighted by Gasteiger charge is -2.02. The van der Waals surface area contributed by atoms with Crippen molar-refractivity contribution in [3.8, 4) is 0 Å². The summed E-state index contributed by atoms with van der Waals surface area (Å²) in [5.74, 6) is -0.850. The summed E-state index contributed by atoms with van der Waals surface area (Å²) in [6, 6.07) is 13.7. The maximum Gasteiger partial charge on any atom is 0.261 e. The van der Waals surface area contributed by atoms with Crippen molar-refractivity contribution in [1.82, 2.24) is 9.80 Å². The van der Waals surface area contributed by atoms with Crippen molar-refractivity contribution in [2.75, 3.05) is 14.1 Å². The summed E-state index contributed by atoms with van der Waals surface area (Å²) < 4.78 is 0. The number of hydrogen-bond donors (Lipinski definition) is 0. The van der Waals surface area contributed by atoms with Crippen LogP contribution in [-0.2, 0) is 0 Å². The molecular formula is C20H20N2O4. The zero-order chi connectivity index (χ0) is 19.4. The third kappa shape index (κ3) is 3.13. The van der Waals surface area contributed by atoms with Gasteiger partial charge in [0, 0.05) is 14.1 Å². The molecule has 0 spiro atoms. The number of rotatable bonds is 0. The Morgan fingerprint density at radius 3 is 0.885 bits per heavy atom. The highest BCUT2D eigenvalue weighted by molar-refractivity contribution is 6.21. The van der Waals surface area contributed by atoms with Crippen molar-refractivity contribution in [2.24, 2.45) is 0 Å². The maximum absolute atomic E-state index is 11.3. The summed E-state index contributed by atoms with van der Waals surface area (Å²) >= 11 is 0. The van der Waals surface area contributed by atoms with Crippen molar-refractivity contribution in [2.45, 2.75) is 13.8 Å². The molecule has 0 unspecified atom stereocenters. The van der Waals surface area contributed by atoms with E-state index in [-0.39, 0.29) is 23.6 Å². The smallest absolute Gasteiger partial charge is 0.261 e. The topological polar surface area (TPSA) is 74.8 Å². The van der Waals surface area contributed by atoms with Crippen molar-refractivity contribution in [1.29, 1.82) is 0 Å². The Hall–Kier alpha value is -3.28. The van der Waals surface area contributed by atoms with Crippen molar-refractivity contribution >= 4 is 23.6 Å². The Morgan fingerprint density at radius 1 is 0.500 bits per heavy atom. The first-order valence-corrected chi connectivity index (χ1v) is 8.26. The first-order valence-electron chi connectivity index (χ1n) is 8.26. The van der Waals surface area contributed by atoms with Crippen molar-refractivity contribution < 1.29 is 19.2 Å². The van der Waals surface area contributed by atoms with Gasteiger partial charge in [0.25, 0.3) is 23.6 Å². The van der Waals surface area contributed by atoms with Crippen LogP contribution in [0.25, 0.3) is 0 Å². The molecule has 26 heavy (non-hydrogen) atoms. The van der Waals surface area contributed by atoms with Gasteiger partial charge in [-0.25, -0.2) is 0 Å². The predicted molar refractivity (Wildman–Crippen MR) is 97.1 cm³/mol. The predicted octanol–water partition coefficient (Wildman–Crippen LogP) is 2.85. The monoisotopic (exact) mass is 352 g/mol. The fraction of sp³-hybridized carbons (Fsp3) is 0.200. The third-order valence-electron chi connectivity index (χ3n) is 3.99. The lowest BCUT2D eigenvalue weighted by atomic mass is 10.1. The minimum atomic E-state index is -0.212. The van der Waals surface area contributed by atoms with Gasteiger partial charge in [-0.15, -0.1) is 0 Å². The number of carbonyl (C=O) groups is 4. The fourth-order valence-corrected chi connectivity index (χ4v) is 2.62. The molecule has 2 aliphatic heterocycles. The van der Waals surface area contributed by atoms with Crippen LogP contribution in [-0.4, -0.2) is 47.5 Å². The van der Waals surface area contributed by atoms with Crippen LogP contribution in [0.2, 0.25) is 0 Å². The molecule has 2 heterocycles. The summed E-state index contributed by atoms with van der Waals surface area (Å²) in [4.78, 5) is 47.5. The van der Waals surface area contributed by atoms with Gasteiger partial charge in [-0.3, -0.25) is 29.0 Å². The molecule has 0 saturated carbocycles. The SMILES string of the molecule is CC.CN1C(=O)c2ccccc2C1=O.CN1C(=O)c2ccccc2C1=O. The van der Waals surface area contributed by atoms with Gasteiger partial charge in [0.15, 0.2) is 0 Å². The van der Waals surface area contributed by atoms with Crippen LogP contribution < -0.4 is 0 Å². The van der Waals surface area contributed by atoms with Crippen LogP contribution in [0.4, 0.5) is 0 Å². The summed E-state index contributed by atoms with van der Waals surface area (Å²) in [7, 11) is 2.98. The molecule has 2 aromatic carbocycles. The van der Waals surface area contributed by atoms with Gasteiger partial charge in [-0.1, -0.05) is 38.1 Å². The van der Waals surface area contributed by atoms with E-state index in [4.69, 9.17) is 0 Å². The molecule has 2 aliphatic rings. The summed E-state index contributed by atoms with van der Waals surface area (Å²) in [5.41, 5.74) is 2.02. The second-order valence-corrected chi connectivity index (χ2v) is 5.43. The van der Waals surface area contributed by atoms with Crippen LogP contribution in [0.5, 0.6) is 0 Å². The summed E-state index contributed by atoms with van der Waals surface area (Å²) in [6.07, 6.45) is 0. The number of hydrogen-bond acceptors (Lipinski definition) is 4. The van der Waals surface area contributed by atoms with Gasteiger partial charge in [-0.05, 0) is 24.3 Å². The summed E-state index contributed by atoms with van der Waals surface area (Å²) in [6.45, 7) is 4.00. The normalized spacial score (nSPS) is 14.3. The van der Waals surface area contributed by atoms with Crippen LogP contribution in [0.15, 0.2) is 48.5 Å². The van der Waals surface area contributed by atoms with Crippen LogP contribution >= 0.6 is 0 Å². The number of benzene rings is 2. The van der Waals surface area contributed by atoms with E-state index in [9.17, 15) is 19.2 Å². The number of carbonyl (C=O) groups excluding carboxylic acids is 4. The number of amides is 4. The lowest BCUT2D eigenvalue weighted by Crippen LogP contribution is -2.24. The van der Waals surface area contributed by atoms with Crippen LogP contribution in [0.3, 0.4) is 0 Å². The van der Waals surface area contributed by atoms with Gasteiger partial charge < -0.3 is 0 Å². The molecule has 6 heteroatoms. The molecule has 6 nitrogen and oxygen atoms in total. The molecule has 4 amide bonds. The quantitative estimate of drug-likeness (QED) is 0.683. The fourth-order valence-electron chi connectivity index (χ4n) is 2.62. The highest BCUT2D eigenvalue weighted by atomic mass is 16.2. The van der Waals surface area contributed by atoms with E-state index in [1.54, 1.807) is 48.5 Å². The van der Waals surface area contributed by atoms with Gasteiger partial charge >= 0.3 is 0 Å². The summed E-state index contributed by atoms with van der Waals surface area (Å²) in [5, 5.41) is 0. The zero-order valence-corrected chi connectivity index (χ0v) is 15.1. The maximum atomic E-state index is 11.3. The Balaban J connectivity index is 0.000000171. The highest BCUT2D eigenvalue weighted by Crippen LogP contribution is 2.21. The Labute approximate surface area is 152 Å². The molecule has 0 aliphatic carbocycles. The van der Waals surface area contributed by atoms with Gasteiger partial charge in [0.05, 0.1) is 22.3 Å². The molecule has 0 atom stereocenters. The lowest BCUT2D eigenvalue weighted by molar-refractivity contribution is 0.0678. The minimum absolute atomic E-state index is 0.212. The van der Waals surface area contributed by atoms with Crippen LogP contribution in [0.1, 0.15) is 55.3 Å². The minimum Gasteiger partial charge on any atom is -0.277 e. The van der Waals surface area contributed by atoms with Crippen molar-refractivity contribution in [3.63, 3.8) is 0 Å². The molecule has 2 aromatic rings. The molecular weight excluding hydrogens is 332 g/mol. The molecule has 0 saturated heterocycles. The van der Waals surface area contributed by atoms with E-state index in [1.165, 1.54) is 14.1 Å².